The third-order valence-corrected chi connectivity index (χ3v) is 6.33. The summed E-state index contributed by atoms with van der Waals surface area (Å²) >= 11 is 1.52. The maximum atomic E-state index is 13.4. The lowest BCUT2D eigenvalue weighted by atomic mass is 10.1. The Balaban J connectivity index is 1.46. The Labute approximate surface area is 196 Å². The molecule has 0 atom stereocenters. The van der Waals surface area contributed by atoms with Gasteiger partial charge in [-0.15, -0.1) is 0 Å². The first kappa shape index (κ1) is 21.2. The van der Waals surface area contributed by atoms with Crippen LogP contribution in [0.3, 0.4) is 0 Å². The van der Waals surface area contributed by atoms with E-state index in [1.807, 2.05) is 73.7 Å². The molecule has 0 saturated carbocycles. The molecular weight excluding hydrogens is 436 g/mol. The quantitative estimate of drug-likeness (QED) is 0.479. The maximum absolute atomic E-state index is 13.4. The van der Waals surface area contributed by atoms with E-state index in [-0.39, 0.29) is 12.7 Å². The molecule has 0 fully saturated rings. The van der Waals surface area contributed by atoms with Crippen LogP contribution in [0, 0.1) is 6.92 Å². The Morgan fingerprint density at radius 1 is 1.06 bits per heavy atom. The van der Waals surface area contributed by atoms with E-state index in [1.54, 1.807) is 18.1 Å². The summed E-state index contributed by atoms with van der Waals surface area (Å²) in [5, 5.41) is 0.638. The number of carbonyl (C=O) groups is 1. The Morgan fingerprint density at radius 3 is 2.70 bits per heavy atom. The molecule has 0 saturated heterocycles. The highest BCUT2D eigenvalue weighted by Crippen LogP contribution is 2.35. The number of ether oxygens (including phenoxy) is 3. The standard InChI is InChI=1S/C26H22N2O4S/c1-17-6-9-20(10-7-17)28-25(29)22(13-18-8-11-23-24(14-18)32-16-31-23)27-26(28)33-15-19-4-3-5-21(12-19)30-2/h3-14H,15-16H2,1-2H3/b22-13-. The average Bonchev–Trinajstić information content (AvgIpc) is 3.42. The molecule has 7 heteroatoms. The van der Waals surface area contributed by atoms with Gasteiger partial charge in [0, 0.05) is 5.75 Å². The van der Waals surface area contributed by atoms with Gasteiger partial charge in [-0.1, -0.05) is 47.7 Å². The van der Waals surface area contributed by atoms with Crippen molar-refractivity contribution in [2.75, 3.05) is 18.8 Å². The topological polar surface area (TPSA) is 60.4 Å². The summed E-state index contributed by atoms with van der Waals surface area (Å²) in [6.07, 6.45) is 1.78. The van der Waals surface area contributed by atoms with Gasteiger partial charge < -0.3 is 14.2 Å². The average molecular weight is 459 g/mol. The number of aliphatic imine (C=N–C) groups is 1. The predicted molar refractivity (Wildman–Crippen MR) is 131 cm³/mol. The fraction of sp³-hybridized carbons (Fsp3) is 0.154. The van der Waals surface area contributed by atoms with Crippen molar-refractivity contribution in [3.8, 4) is 17.2 Å². The minimum absolute atomic E-state index is 0.162. The van der Waals surface area contributed by atoms with Crippen LogP contribution in [0.15, 0.2) is 77.4 Å². The third-order valence-electron chi connectivity index (χ3n) is 5.32. The van der Waals surface area contributed by atoms with E-state index in [4.69, 9.17) is 19.2 Å². The molecule has 3 aromatic carbocycles. The molecule has 0 radical (unpaired) electrons. The number of amides is 1. The van der Waals surface area contributed by atoms with E-state index < -0.39 is 0 Å². The number of aryl methyl sites for hydroxylation is 1. The number of nitrogens with zero attached hydrogens (tertiary/aromatic N) is 2. The van der Waals surface area contributed by atoms with E-state index in [0.29, 0.717) is 28.1 Å². The molecule has 0 spiro atoms. The number of amidine groups is 1. The van der Waals surface area contributed by atoms with Crippen LogP contribution >= 0.6 is 11.8 Å². The number of rotatable bonds is 5. The molecule has 1 amide bonds. The number of carbonyl (C=O) groups excluding carboxylic acids is 1. The monoisotopic (exact) mass is 458 g/mol. The lowest BCUT2D eigenvalue weighted by Crippen LogP contribution is -2.30. The van der Waals surface area contributed by atoms with E-state index in [1.165, 1.54) is 11.8 Å². The van der Waals surface area contributed by atoms with Crippen LogP contribution in [0.4, 0.5) is 5.69 Å². The molecule has 2 heterocycles. The number of hydrogen-bond acceptors (Lipinski definition) is 6. The predicted octanol–water partition coefficient (Wildman–Crippen LogP) is 5.41. The SMILES string of the molecule is COc1cccc(CSC2=N/C(=C\c3ccc4c(c3)OCO4)C(=O)N2c2ccc(C)cc2)c1. The third kappa shape index (κ3) is 4.45. The molecule has 2 aliphatic heterocycles. The number of hydrogen-bond donors (Lipinski definition) is 0. The second-order valence-corrected chi connectivity index (χ2v) is 8.60. The van der Waals surface area contributed by atoms with Gasteiger partial charge in [-0.2, -0.15) is 0 Å². The molecule has 5 rings (SSSR count). The van der Waals surface area contributed by atoms with Crippen LogP contribution in [0.1, 0.15) is 16.7 Å². The molecule has 0 N–H and O–H groups in total. The smallest absolute Gasteiger partial charge is 0.283 e. The van der Waals surface area contributed by atoms with Crippen LogP contribution in [0.2, 0.25) is 0 Å². The van der Waals surface area contributed by atoms with Crippen molar-refractivity contribution in [3.05, 3.63) is 89.1 Å². The molecule has 0 unspecified atom stereocenters. The van der Waals surface area contributed by atoms with Crippen molar-refractivity contribution < 1.29 is 19.0 Å². The first-order chi connectivity index (χ1) is 16.1. The van der Waals surface area contributed by atoms with Gasteiger partial charge in [0.15, 0.2) is 16.7 Å². The highest BCUT2D eigenvalue weighted by atomic mass is 32.2. The summed E-state index contributed by atoms with van der Waals surface area (Å²) in [6, 6.07) is 21.4. The van der Waals surface area contributed by atoms with Gasteiger partial charge in [-0.3, -0.25) is 9.69 Å². The van der Waals surface area contributed by atoms with Gasteiger partial charge in [0.1, 0.15) is 11.4 Å². The molecule has 3 aromatic rings. The van der Waals surface area contributed by atoms with Gasteiger partial charge in [0.2, 0.25) is 6.79 Å². The Bertz CT molecular complexity index is 1270. The zero-order chi connectivity index (χ0) is 22.8. The minimum Gasteiger partial charge on any atom is -0.497 e. The summed E-state index contributed by atoms with van der Waals surface area (Å²) in [5.41, 5.74) is 4.21. The van der Waals surface area contributed by atoms with Crippen molar-refractivity contribution in [3.63, 3.8) is 0 Å². The van der Waals surface area contributed by atoms with Gasteiger partial charge in [-0.05, 0) is 60.5 Å². The van der Waals surface area contributed by atoms with Crippen LogP contribution in [0.25, 0.3) is 6.08 Å². The summed E-state index contributed by atoms with van der Waals surface area (Å²) in [5.74, 6) is 2.67. The normalized spacial score (nSPS) is 15.8. The van der Waals surface area contributed by atoms with E-state index in [0.717, 1.165) is 28.1 Å². The fourth-order valence-corrected chi connectivity index (χ4v) is 4.54. The van der Waals surface area contributed by atoms with Crippen molar-refractivity contribution in [1.29, 1.82) is 0 Å². The maximum Gasteiger partial charge on any atom is 0.283 e. The van der Waals surface area contributed by atoms with Gasteiger partial charge in [0.05, 0.1) is 12.8 Å². The van der Waals surface area contributed by atoms with E-state index >= 15 is 0 Å². The highest BCUT2D eigenvalue weighted by molar-refractivity contribution is 8.13. The summed E-state index contributed by atoms with van der Waals surface area (Å²) in [6.45, 7) is 2.23. The molecular formula is C26H22N2O4S. The lowest BCUT2D eigenvalue weighted by Gasteiger charge is -2.18. The van der Waals surface area contributed by atoms with Crippen LogP contribution in [0.5, 0.6) is 17.2 Å². The Kier molecular flexibility index (Phi) is 5.79. The van der Waals surface area contributed by atoms with E-state index in [2.05, 4.69) is 0 Å². The van der Waals surface area contributed by atoms with Gasteiger partial charge in [-0.25, -0.2) is 4.99 Å². The lowest BCUT2D eigenvalue weighted by molar-refractivity contribution is -0.113. The number of benzene rings is 3. The van der Waals surface area contributed by atoms with Gasteiger partial charge >= 0.3 is 0 Å². The second-order valence-electron chi connectivity index (χ2n) is 7.65. The second kappa shape index (κ2) is 9.03. The summed E-state index contributed by atoms with van der Waals surface area (Å²) in [4.78, 5) is 19.8. The molecule has 166 valence electrons. The van der Waals surface area contributed by atoms with Crippen LogP contribution < -0.4 is 19.1 Å². The molecule has 0 bridgehead atoms. The molecule has 0 aliphatic carbocycles. The van der Waals surface area contributed by atoms with Gasteiger partial charge in [0.25, 0.3) is 5.91 Å². The number of fused-ring (bicyclic) bond motifs is 1. The molecule has 33 heavy (non-hydrogen) atoms. The Hall–Kier alpha value is -3.71. The summed E-state index contributed by atoms with van der Waals surface area (Å²) < 4.78 is 16.2. The Morgan fingerprint density at radius 2 is 1.88 bits per heavy atom. The first-order valence-electron chi connectivity index (χ1n) is 10.5. The molecule has 2 aliphatic rings. The van der Waals surface area contributed by atoms with Crippen LogP contribution in [-0.4, -0.2) is 25.0 Å². The van der Waals surface area contributed by atoms with Crippen LogP contribution in [-0.2, 0) is 10.5 Å². The van der Waals surface area contributed by atoms with Crippen molar-refractivity contribution in [2.45, 2.75) is 12.7 Å². The number of thioether (sulfide) groups is 1. The fourth-order valence-electron chi connectivity index (χ4n) is 3.59. The van der Waals surface area contributed by atoms with Crippen molar-refractivity contribution in [2.24, 2.45) is 4.99 Å². The summed E-state index contributed by atoms with van der Waals surface area (Å²) in [7, 11) is 1.65. The largest absolute Gasteiger partial charge is 0.497 e. The minimum atomic E-state index is -0.162. The zero-order valence-electron chi connectivity index (χ0n) is 18.3. The highest BCUT2D eigenvalue weighted by Gasteiger charge is 2.32. The van der Waals surface area contributed by atoms with Crippen molar-refractivity contribution in [1.82, 2.24) is 0 Å². The van der Waals surface area contributed by atoms with E-state index in [9.17, 15) is 4.79 Å². The number of methoxy groups -OCH3 is 1. The number of anilines is 1. The zero-order valence-corrected chi connectivity index (χ0v) is 19.1. The molecule has 6 nitrogen and oxygen atoms in total. The van der Waals surface area contributed by atoms with Crippen molar-refractivity contribution >= 4 is 34.6 Å². The molecule has 0 aromatic heterocycles. The first-order valence-corrected chi connectivity index (χ1v) is 11.5.